The normalized spacial score (nSPS) is 9.90. The minimum atomic E-state index is 0.554. The molecule has 0 aliphatic carbocycles. The van der Waals surface area contributed by atoms with Crippen molar-refractivity contribution in [2.45, 2.75) is 6.54 Å². The van der Waals surface area contributed by atoms with Crippen LogP contribution in [0.25, 0.3) is 0 Å². The minimum Gasteiger partial charge on any atom is -0.497 e. The summed E-state index contributed by atoms with van der Waals surface area (Å²) in [4.78, 5) is 0. The lowest BCUT2D eigenvalue weighted by molar-refractivity contribution is 0.415. The standard InChI is InChI=1S/C15H15ClN2OS/c1-19-14-7-3-6-13(9-14)18-15(20)17-10-11-4-2-5-12(16)8-11/h2-9H,10H2,1H3,(H2,17,18,20). The molecule has 2 N–H and O–H groups in total. The Hall–Kier alpha value is -1.78. The lowest BCUT2D eigenvalue weighted by Crippen LogP contribution is -2.27. The fraction of sp³-hybridized carbons (Fsp3) is 0.133. The van der Waals surface area contributed by atoms with E-state index in [1.54, 1.807) is 7.11 Å². The molecule has 2 aromatic carbocycles. The van der Waals surface area contributed by atoms with E-state index in [-0.39, 0.29) is 0 Å². The molecule has 2 aromatic rings. The Morgan fingerprint density at radius 3 is 2.75 bits per heavy atom. The molecule has 0 atom stereocenters. The highest BCUT2D eigenvalue weighted by Gasteiger charge is 2.00. The molecule has 0 amide bonds. The molecule has 0 aliphatic rings. The van der Waals surface area contributed by atoms with Gasteiger partial charge in [-0.2, -0.15) is 0 Å². The SMILES string of the molecule is COc1cccc(NC(=S)NCc2cccc(Cl)c2)c1. The molecule has 0 radical (unpaired) electrons. The summed E-state index contributed by atoms with van der Waals surface area (Å²) in [5, 5.41) is 7.51. The number of thiocarbonyl (C=S) groups is 1. The van der Waals surface area contributed by atoms with Crippen LogP contribution in [-0.2, 0) is 6.54 Å². The first-order chi connectivity index (χ1) is 9.67. The van der Waals surface area contributed by atoms with E-state index >= 15 is 0 Å². The van der Waals surface area contributed by atoms with E-state index in [0.717, 1.165) is 22.0 Å². The molecule has 0 aromatic heterocycles. The van der Waals surface area contributed by atoms with Gasteiger partial charge in [0.25, 0.3) is 0 Å². The van der Waals surface area contributed by atoms with Crippen molar-refractivity contribution in [3.05, 3.63) is 59.1 Å². The van der Waals surface area contributed by atoms with Crippen LogP contribution in [-0.4, -0.2) is 12.2 Å². The number of benzene rings is 2. The van der Waals surface area contributed by atoms with Crippen molar-refractivity contribution in [3.8, 4) is 5.75 Å². The van der Waals surface area contributed by atoms with Gasteiger partial charge in [-0.15, -0.1) is 0 Å². The molecule has 0 heterocycles. The van der Waals surface area contributed by atoms with Gasteiger partial charge >= 0.3 is 0 Å². The van der Waals surface area contributed by atoms with Crippen molar-refractivity contribution < 1.29 is 4.74 Å². The number of hydrogen-bond acceptors (Lipinski definition) is 2. The number of anilines is 1. The van der Waals surface area contributed by atoms with E-state index in [1.807, 2.05) is 48.5 Å². The van der Waals surface area contributed by atoms with Gasteiger partial charge in [-0.3, -0.25) is 0 Å². The number of ether oxygens (including phenoxy) is 1. The molecule has 0 bridgehead atoms. The monoisotopic (exact) mass is 306 g/mol. The molecule has 2 rings (SSSR count). The number of halogens is 1. The number of methoxy groups -OCH3 is 1. The maximum absolute atomic E-state index is 5.93. The average Bonchev–Trinajstić information content (AvgIpc) is 2.45. The van der Waals surface area contributed by atoms with Gasteiger partial charge in [-0.25, -0.2) is 0 Å². The van der Waals surface area contributed by atoms with Crippen LogP contribution in [0.1, 0.15) is 5.56 Å². The Kier molecular flexibility index (Phi) is 5.21. The predicted octanol–water partition coefficient (Wildman–Crippen LogP) is 3.84. The molecule has 20 heavy (non-hydrogen) atoms. The molecule has 5 heteroatoms. The second-order valence-electron chi connectivity index (χ2n) is 4.17. The number of rotatable bonds is 4. The van der Waals surface area contributed by atoms with Gasteiger partial charge in [0, 0.05) is 23.3 Å². The third kappa shape index (κ3) is 4.40. The summed E-state index contributed by atoms with van der Waals surface area (Å²) in [7, 11) is 1.63. The topological polar surface area (TPSA) is 33.3 Å². The van der Waals surface area contributed by atoms with Crippen LogP contribution < -0.4 is 15.4 Å². The highest BCUT2D eigenvalue weighted by atomic mass is 35.5. The molecular weight excluding hydrogens is 292 g/mol. The summed E-state index contributed by atoms with van der Waals surface area (Å²) in [6.45, 7) is 0.621. The van der Waals surface area contributed by atoms with E-state index in [9.17, 15) is 0 Å². The predicted molar refractivity (Wildman–Crippen MR) is 87.5 cm³/mol. The smallest absolute Gasteiger partial charge is 0.171 e. The molecular formula is C15H15ClN2OS. The Morgan fingerprint density at radius 2 is 2.00 bits per heavy atom. The third-order valence-corrected chi connectivity index (χ3v) is 3.15. The first-order valence-corrected chi connectivity index (χ1v) is 6.89. The van der Waals surface area contributed by atoms with Gasteiger partial charge in [-0.1, -0.05) is 29.8 Å². The zero-order valence-corrected chi connectivity index (χ0v) is 12.6. The van der Waals surface area contributed by atoms with Crippen molar-refractivity contribution >= 4 is 34.6 Å². The van der Waals surface area contributed by atoms with Crippen LogP contribution in [0.4, 0.5) is 5.69 Å². The summed E-state index contributed by atoms with van der Waals surface area (Å²) in [5.41, 5.74) is 1.96. The highest BCUT2D eigenvalue weighted by molar-refractivity contribution is 7.80. The van der Waals surface area contributed by atoms with E-state index < -0.39 is 0 Å². The van der Waals surface area contributed by atoms with Crippen LogP contribution in [0.5, 0.6) is 5.75 Å². The van der Waals surface area contributed by atoms with Crippen molar-refractivity contribution in [2.24, 2.45) is 0 Å². The molecule has 3 nitrogen and oxygen atoms in total. The first-order valence-electron chi connectivity index (χ1n) is 6.11. The summed E-state index contributed by atoms with van der Waals surface area (Å²) in [6, 6.07) is 15.3. The molecule has 0 saturated heterocycles. The molecule has 0 saturated carbocycles. The highest BCUT2D eigenvalue weighted by Crippen LogP contribution is 2.16. The fourth-order valence-corrected chi connectivity index (χ4v) is 2.11. The maximum atomic E-state index is 5.93. The molecule has 0 aliphatic heterocycles. The zero-order chi connectivity index (χ0) is 14.4. The lowest BCUT2D eigenvalue weighted by atomic mass is 10.2. The minimum absolute atomic E-state index is 0.554. The fourth-order valence-electron chi connectivity index (χ4n) is 1.71. The van der Waals surface area contributed by atoms with Crippen molar-refractivity contribution in [1.82, 2.24) is 5.32 Å². The van der Waals surface area contributed by atoms with E-state index in [2.05, 4.69) is 10.6 Å². The van der Waals surface area contributed by atoms with Crippen molar-refractivity contribution in [3.63, 3.8) is 0 Å². The Bertz CT molecular complexity index is 604. The lowest BCUT2D eigenvalue weighted by Gasteiger charge is -2.11. The second-order valence-corrected chi connectivity index (χ2v) is 5.01. The van der Waals surface area contributed by atoms with Gasteiger partial charge in [0.15, 0.2) is 5.11 Å². The second kappa shape index (κ2) is 7.12. The first kappa shape index (κ1) is 14.6. The quantitative estimate of drug-likeness (QED) is 0.841. The number of hydrogen-bond donors (Lipinski definition) is 2. The van der Waals surface area contributed by atoms with Gasteiger partial charge in [0.05, 0.1) is 7.11 Å². The number of nitrogens with one attached hydrogen (secondary N) is 2. The molecule has 104 valence electrons. The maximum Gasteiger partial charge on any atom is 0.171 e. The van der Waals surface area contributed by atoms with Crippen LogP contribution in [0, 0.1) is 0 Å². The van der Waals surface area contributed by atoms with E-state index in [1.165, 1.54) is 0 Å². The van der Waals surface area contributed by atoms with Gasteiger partial charge < -0.3 is 15.4 Å². The van der Waals surface area contributed by atoms with Gasteiger partial charge in [0.1, 0.15) is 5.75 Å². The zero-order valence-electron chi connectivity index (χ0n) is 11.0. The van der Waals surface area contributed by atoms with E-state index in [4.69, 9.17) is 28.6 Å². The Labute approximate surface area is 128 Å². The van der Waals surface area contributed by atoms with Crippen LogP contribution in [0.3, 0.4) is 0 Å². The largest absolute Gasteiger partial charge is 0.497 e. The Balaban J connectivity index is 1.89. The molecule has 0 spiro atoms. The molecule has 0 fully saturated rings. The summed E-state index contributed by atoms with van der Waals surface area (Å²) in [6.07, 6.45) is 0. The van der Waals surface area contributed by atoms with Gasteiger partial charge in [0.2, 0.25) is 0 Å². The Morgan fingerprint density at radius 1 is 1.20 bits per heavy atom. The van der Waals surface area contributed by atoms with Crippen LogP contribution in [0.15, 0.2) is 48.5 Å². The van der Waals surface area contributed by atoms with Crippen LogP contribution >= 0.6 is 23.8 Å². The summed E-state index contributed by atoms with van der Waals surface area (Å²) >= 11 is 11.2. The van der Waals surface area contributed by atoms with Crippen molar-refractivity contribution in [2.75, 3.05) is 12.4 Å². The van der Waals surface area contributed by atoms with Crippen LogP contribution in [0.2, 0.25) is 5.02 Å². The van der Waals surface area contributed by atoms with Crippen molar-refractivity contribution in [1.29, 1.82) is 0 Å². The molecule has 0 unspecified atom stereocenters. The third-order valence-electron chi connectivity index (χ3n) is 2.67. The average molecular weight is 307 g/mol. The summed E-state index contributed by atoms with van der Waals surface area (Å²) < 4.78 is 5.16. The van der Waals surface area contributed by atoms with Gasteiger partial charge in [-0.05, 0) is 42.0 Å². The van der Waals surface area contributed by atoms with E-state index in [0.29, 0.717) is 11.7 Å². The summed E-state index contributed by atoms with van der Waals surface area (Å²) in [5.74, 6) is 0.785.